The first kappa shape index (κ1) is 25.8. The second-order valence-electron chi connectivity index (χ2n) is 9.66. The molecule has 38 heavy (non-hydrogen) atoms. The number of aliphatic hydroxyl groups is 1. The van der Waals surface area contributed by atoms with Crippen LogP contribution < -0.4 is 16.0 Å². The fraction of sp³-hybridized carbons (Fsp3) is 0.423. The predicted octanol–water partition coefficient (Wildman–Crippen LogP) is 3.52. The molecule has 1 unspecified atom stereocenters. The summed E-state index contributed by atoms with van der Waals surface area (Å²) in [6, 6.07) is 3.77. The summed E-state index contributed by atoms with van der Waals surface area (Å²) in [4.78, 5) is 18.2. The standard InChI is InChI=1S/C26H30F3N7O2/c27-26(28,29)9-5-22(37)35-12-7-18(8-13-35)21-2-1-11-36-23(21)33-25(34-36)32-20-4-3-19(14-20)24(38)31-16-17-6-10-30-15-17/h1-4,7,11,14,17,30-31,38H,5-6,8-10,12-13,15-16H2,(H,32,34). The smallest absolute Gasteiger partial charge is 0.389 e. The van der Waals surface area contributed by atoms with Crippen LogP contribution in [0.1, 0.15) is 31.2 Å². The zero-order valence-corrected chi connectivity index (χ0v) is 20.8. The van der Waals surface area contributed by atoms with Gasteiger partial charge in [-0.2, -0.15) is 18.2 Å². The van der Waals surface area contributed by atoms with Crippen LogP contribution in [-0.4, -0.2) is 69.4 Å². The van der Waals surface area contributed by atoms with Crippen molar-refractivity contribution in [1.29, 1.82) is 0 Å². The van der Waals surface area contributed by atoms with Crippen LogP contribution in [0.3, 0.4) is 0 Å². The van der Waals surface area contributed by atoms with Gasteiger partial charge in [-0.3, -0.25) is 4.79 Å². The van der Waals surface area contributed by atoms with Crippen molar-refractivity contribution in [3.8, 4) is 0 Å². The molecule has 2 aromatic heterocycles. The molecule has 1 atom stereocenters. The number of rotatable bonds is 8. The van der Waals surface area contributed by atoms with E-state index in [0.717, 1.165) is 36.3 Å². The lowest BCUT2D eigenvalue weighted by Crippen LogP contribution is -2.35. The largest absolute Gasteiger partial charge is 0.494 e. The number of carbonyl (C=O) groups excluding carboxylic acids is 1. The van der Waals surface area contributed by atoms with E-state index in [1.807, 2.05) is 36.4 Å². The lowest BCUT2D eigenvalue weighted by atomic mass is 10.00. The van der Waals surface area contributed by atoms with Crippen LogP contribution in [0.4, 0.5) is 19.1 Å². The molecule has 1 amide bonds. The number of anilines is 1. The average molecular weight is 530 g/mol. The Hall–Kier alpha value is -3.80. The summed E-state index contributed by atoms with van der Waals surface area (Å²) < 4.78 is 39.0. The highest BCUT2D eigenvalue weighted by Gasteiger charge is 2.29. The van der Waals surface area contributed by atoms with E-state index in [4.69, 9.17) is 0 Å². The highest BCUT2D eigenvalue weighted by atomic mass is 19.4. The maximum atomic E-state index is 12.5. The van der Waals surface area contributed by atoms with Crippen molar-refractivity contribution < 1.29 is 23.1 Å². The van der Waals surface area contributed by atoms with Gasteiger partial charge in [0.25, 0.3) is 0 Å². The molecule has 5 rings (SSSR count). The molecule has 0 spiro atoms. The number of halogens is 3. The van der Waals surface area contributed by atoms with Crippen LogP contribution in [0, 0.1) is 5.92 Å². The highest BCUT2D eigenvalue weighted by Crippen LogP contribution is 2.28. The van der Waals surface area contributed by atoms with Gasteiger partial charge in [-0.1, -0.05) is 6.08 Å². The molecule has 4 heterocycles. The van der Waals surface area contributed by atoms with Gasteiger partial charge in [0.1, 0.15) is 0 Å². The molecule has 1 fully saturated rings. The molecule has 1 aliphatic carbocycles. The highest BCUT2D eigenvalue weighted by molar-refractivity contribution is 5.81. The fourth-order valence-electron chi connectivity index (χ4n) is 4.79. The SMILES string of the molecule is O=C(CCC(F)(F)F)N1CC=C(c2cccn3nc(NC4=CC(=C(O)NCC5CCNC5)C=C4)nc23)CC1. The maximum Gasteiger partial charge on any atom is 0.389 e. The third-order valence-corrected chi connectivity index (χ3v) is 6.90. The van der Waals surface area contributed by atoms with E-state index in [1.54, 1.807) is 10.7 Å². The Kier molecular flexibility index (Phi) is 7.41. The Labute approximate surface area is 217 Å². The summed E-state index contributed by atoms with van der Waals surface area (Å²) in [5, 5.41) is 24.5. The van der Waals surface area contributed by atoms with Crippen LogP contribution in [0.5, 0.6) is 0 Å². The zero-order chi connectivity index (χ0) is 26.7. The van der Waals surface area contributed by atoms with Gasteiger partial charge < -0.3 is 26.0 Å². The van der Waals surface area contributed by atoms with Crippen molar-refractivity contribution in [3.05, 3.63) is 65.4 Å². The molecule has 0 radical (unpaired) electrons. The number of amides is 1. The van der Waals surface area contributed by atoms with Crippen LogP contribution in [0.2, 0.25) is 0 Å². The molecule has 2 aromatic rings. The van der Waals surface area contributed by atoms with Crippen LogP contribution >= 0.6 is 0 Å². The van der Waals surface area contributed by atoms with Gasteiger partial charge >= 0.3 is 6.18 Å². The first-order valence-electron chi connectivity index (χ1n) is 12.7. The minimum Gasteiger partial charge on any atom is -0.494 e. The normalized spacial score (nSPS) is 21.0. The summed E-state index contributed by atoms with van der Waals surface area (Å²) >= 11 is 0. The van der Waals surface area contributed by atoms with Crippen LogP contribution in [0.25, 0.3) is 11.2 Å². The number of aromatic nitrogens is 3. The molecule has 0 bridgehead atoms. The molecule has 0 aromatic carbocycles. The van der Waals surface area contributed by atoms with E-state index < -0.39 is 24.9 Å². The maximum absolute atomic E-state index is 12.5. The summed E-state index contributed by atoms with van der Waals surface area (Å²) in [5.41, 5.74) is 3.86. The Morgan fingerprint density at radius 1 is 1.29 bits per heavy atom. The molecule has 1 saturated heterocycles. The number of nitrogens with zero attached hydrogens (tertiary/aromatic N) is 4. The Bertz CT molecular complexity index is 1320. The number of hydrogen-bond acceptors (Lipinski definition) is 7. The van der Waals surface area contributed by atoms with E-state index in [9.17, 15) is 23.1 Å². The third kappa shape index (κ3) is 6.18. The number of fused-ring (bicyclic) bond motifs is 1. The minimum atomic E-state index is -4.34. The van der Waals surface area contributed by atoms with Crippen LogP contribution in [0.15, 0.2) is 59.8 Å². The predicted molar refractivity (Wildman–Crippen MR) is 137 cm³/mol. The zero-order valence-electron chi connectivity index (χ0n) is 20.8. The summed E-state index contributed by atoms with van der Waals surface area (Å²) in [5.74, 6) is 0.524. The average Bonchev–Trinajstić information content (AvgIpc) is 3.66. The van der Waals surface area contributed by atoms with E-state index in [1.165, 1.54) is 4.90 Å². The quantitative estimate of drug-likeness (QED) is 0.388. The second-order valence-corrected chi connectivity index (χ2v) is 9.66. The summed E-state index contributed by atoms with van der Waals surface area (Å²) in [6.07, 6.45) is 4.73. The molecule has 0 saturated carbocycles. The Morgan fingerprint density at radius 3 is 2.89 bits per heavy atom. The van der Waals surface area contributed by atoms with E-state index in [2.05, 4.69) is 26.0 Å². The Morgan fingerprint density at radius 2 is 2.16 bits per heavy atom. The minimum absolute atomic E-state index is 0.130. The molecule has 3 aliphatic rings. The number of aliphatic hydroxyl groups excluding tert-OH is 1. The molecule has 202 valence electrons. The summed E-state index contributed by atoms with van der Waals surface area (Å²) in [6.45, 7) is 3.27. The molecule has 12 heteroatoms. The third-order valence-electron chi connectivity index (χ3n) is 6.90. The number of hydrogen-bond donors (Lipinski definition) is 4. The van der Waals surface area contributed by atoms with Crippen molar-refractivity contribution in [2.24, 2.45) is 5.92 Å². The number of pyridine rings is 1. The van der Waals surface area contributed by atoms with Gasteiger partial charge in [0.15, 0.2) is 11.5 Å². The van der Waals surface area contributed by atoms with E-state index >= 15 is 0 Å². The van der Waals surface area contributed by atoms with Crippen molar-refractivity contribution in [3.63, 3.8) is 0 Å². The van der Waals surface area contributed by atoms with Gasteiger partial charge in [-0.05, 0) is 67.8 Å². The van der Waals surface area contributed by atoms with E-state index in [0.29, 0.717) is 42.6 Å². The van der Waals surface area contributed by atoms with Crippen molar-refractivity contribution >= 4 is 23.1 Å². The molecule has 4 N–H and O–H groups in total. The first-order valence-corrected chi connectivity index (χ1v) is 12.7. The van der Waals surface area contributed by atoms with Gasteiger partial charge in [0.2, 0.25) is 11.9 Å². The second kappa shape index (κ2) is 10.9. The van der Waals surface area contributed by atoms with E-state index in [-0.39, 0.29) is 12.4 Å². The van der Waals surface area contributed by atoms with Gasteiger partial charge in [-0.25, -0.2) is 4.52 Å². The number of alkyl halides is 3. The van der Waals surface area contributed by atoms with Crippen molar-refractivity contribution in [2.45, 2.75) is 31.9 Å². The fourth-order valence-corrected chi connectivity index (χ4v) is 4.79. The summed E-state index contributed by atoms with van der Waals surface area (Å²) in [7, 11) is 0. The number of carbonyl (C=O) groups is 1. The topological polar surface area (TPSA) is 107 Å². The Balaban J connectivity index is 1.24. The lowest BCUT2D eigenvalue weighted by molar-refractivity contribution is -0.148. The van der Waals surface area contributed by atoms with Crippen molar-refractivity contribution in [1.82, 2.24) is 30.1 Å². The first-order chi connectivity index (χ1) is 18.2. The molecule has 9 nitrogen and oxygen atoms in total. The van der Waals surface area contributed by atoms with Gasteiger partial charge in [0.05, 0.1) is 6.42 Å². The molecular weight excluding hydrogens is 499 g/mol. The monoisotopic (exact) mass is 529 g/mol. The lowest BCUT2D eigenvalue weighted by Gasteiger charge is -2.27. The van der Waals surface area contributed by atoms with Crippen molar-refractivity contribution in [2.75, 3.05) is 38.0 Å². The van der Waals surface area contributed by atoms with Gasteiger partial charge in [0, 0.05) is 49.1 Å². The molecule has 2 aliphatic heterocycles. The number of nitrogens with one attached hydrogen (secondary N) is 3. The molecular formula is C26H30F3N7O2. The van der Waals surface area contributed by atoms with Crippen LogP contribution in [-0.2, 0) is 4.79 Å². The van der Waals surface area contributed by atoms with Gasteiger partial charge in [-0.15, -0.1) is 5.10 Å². The number of allylic oxidation sites excluding steroid dienone is 4.